The van der Waals surface area contributed by atoms with E-state index >= 15 is 0 Å². The molecular weight excluding hydrogens is 582 g/mol. The minimum atomic E-state index is -0.567. The van der Waals surface area contributed by atoms with E-state index in [4.69, 9.17) is 21.1 Å². The molecule has 0 saturated heterocycles. The van der Waals surface area contributed by atoms with Crippen LogP contribution in [0.15, 0.2) is 82.7 Å². The molecule has 8 nitrogen and oxygen atoms in total. The number of ether oxygens (including phenoxy) is 2. The van der Waals surface area contributed by atoms with E-state index in [9.17, 15) is 4.79 Å². The maximum atomic E-state index is 13.7. The Hall–Kier alpha value is -3.82. The van der Waals surface area contributed by atoms with Crippen molar-refractivity contribution in [3.05, 3.63) is 104 Å². The van der Waals surface area contributed by atoms with Gasteiger partial charge in [0.25, 0.3) is 5.91 Å². The van der Waals surface area contributed by atoms with Crippen molar-refractivity contribution < 1.29 is 14.3 Å². The zero-order valence-corrected chi connectivity index (χ0v) is 24.0. The van der Waals surface area contributed by atoms with Gasteiger partial charge in [-0.05, 0) is 72.6 Å². The Labute approximate surface area is 240 Å². The van der Waals surface area contributed by atoms with Gasteiger partial charge in [0, 0.05) is 22.0 Å². The van der Waals surface area contributed by atoms with Crippen LogP contribution in [0.25, 0.3) is 0 Å². The zero-order valence-electron chi connectivity index (χ0n) is 21.7. The molecule has 200 valence electrons. The maximum absolute atomic E-state index is 13.7. The second-order valence-electron chi connectivity index (χ2n) is 9.06. The number of hydrogen-bond donors (Lipinski definition) is 2. The fourth-order valence-corrected chi connectivity index (χ4v) is 5.21. The Morgan fingerprint density at radius 3 is 2.64 bits per heavy atom. The topological polar surface area (TPSA) is 90.3 Å². The van der Waals surface area contributed by atoms with Gasteiger partial charge >= 0.3 is 0 Å². The molecule has 5 rings (SSSR count). The van der Waals surface area contributed by atoms with Crippen LogP contribution in [-0.4, -0.2) is 27.3 Å². The summed E-state index contributed by atoms with van der Waals surface area (Å²) in [6, 6.07) is 18.4. The number of hydrogen-bond acceptors (Lipinski definition) is 6. The summed E-state index contributed by atoms with van der Waals surface area (Å²) in [6.45, 7) is 6.45. The van der Waals surface area contributed by atoms with Crippen molar-refractivity contribution in [2.75, 3.05) is 17.2 Å². The highest BCUT2D eigenvalue weighted by molar-refractivity contribution is 9.10. The number of amides is 1. The Morgan fingerprint density at radius 1 is 1.13 bits per heavy atom. The monoisotopic (exact) mass is 607 g/mol. The summed E-state index contributed by atoms with van der Waals surface area (Å²) in [5, 5.41) is 11.3. The standard InChI is InChI=1S/C29H27BrClN5O3/c1-4-38-24-14-20(13-22(30)27(24)39-15-19-7-5-6-8-23(19)31)26-25(18(3)34-29-32-16-33-36(26)29)28(37)35-21-11-9-17(2)10-12-21/h5-14,16,26H,4,15H2,1-3H3,(H,35,37)(H,32,33,34). The van der Waals surface area contributed by atoms with Crippen LogP contribution in [-0.2, 0) is 11.4 Å². The van der Waals surface area contributed by atoms with E-state index < -0.39 is 6.04 Å². The molecule has 2 heterocycles. The Morgan fingerprint density at radius 2 is 1.90 bits per heavy atom. The number of nitrogens with one attached hydrogen (secondary N) is 2. The first-order chi connectivity index (χ1) is 18.9. The van der Waals surface area contributed by atoms with Gasteiger partial charge in [-0.2, -0.15) is 10.1 Å². The van der Waals surface area contributed by atoms with Gasteiger partial charge in [0.2, 0.25) is 5.95 Å². The van der Waals surface area contributed by atoms with Crippen LogP contribution in [0.5, 0.6) is 11.5 Å². The smallest absolute Gasteiger partial charge is 0.255 e. The maximum Gasteiger partial charge on any atom is 0.255 e. The van der Waals surface area contributed by atoms with Gasteiger partial charge in [-0.15, -0.1) is 0 Å². The number of nitrogens with zero attached hydrogens (tertiary/aromatic N) is 3. The summed E-state index contributed by atoms with van der Waals surface area (Å²) in [5.74, 6) is 1.37. The van der Waals surface area contributed by atoms with Gasteiger partial charge in [-0.1, -0.05) is 47.5 Å². The van der Waals surface area contributed by atoms with Crippen LogP contribution < -0.4 is 20.1 Å². The second kappa shape index (κ2) is 11.5. The molecule has 4 aromatic rings. The molecule has 1 aromatic heterocycles. The van der Waals surface area contributed by atoms with Crippen molar-refractivity contribution in [3.8, 4) is 11.5 Å². The third kappa shape index (κ3) is 5.65. The zero-order chi connectivity index (χ0) is 27.5. The predicted molar refractivity (Wildman–Crippen MR) is 155 cm³/mol. The summed E-state index contributed by atoms with van der Waals surface area (Å²) in [4.78, 5) is 18.0. The lowest BCUT2D eigenvalue weighted by Crippen LogP contribution is -2.31. The van der Waals surface area contributed by atoms with Gasteiger partial charge in [0.15, 0.2) is 11.5 Å². The number of rotatable bonds is 8. The van der Waals surface area contributed by atoms with E-state index in [1.807, 2.05) is 81.4 Å². The van der Waals surface area contributed by atoms with Gasteiger partial charge < -0.3 is 20.1 Å². The van der Waals surface area contributed by atoms with Crippen molar-refractivity contribution in [2.24, 2.45) is 0 Å². The van der Waals surface area contributed by atoms with Crippen LogP contribution in [0, 0.1) is 6.92 Å². The van der Waals surface area contributed by atoms with Gasteiger partial charge in [-0.25, -0.2) is 4.68 Å². The highest BCUT2D eigenvalue weighted by atomic mass is 79.9. The van der Waals surface area contributed by atoms with Crippen LogP contribution in [0.2, 0.25) is 5.02 Å². The lowest BCUT2D eigenvalue weighted by molar-refractivity contribution is -0.113. The van der Waals surface area contributed by atoms with E-state index in [-0.39, 0.29) is 12.5 Å². The molecule has 0 fully saturated rings. The highest BCUT2D eigenvalue weighted by Crippen LogP contribution is 2.43. The van der Waals surface area contributed by atoms with Crippen molar-refractivity contribution in [1.82, 2.24) is 14.8 Å². The van der Waals surface area contributed by atoms with Gasteiger partial charge in [-0.3, -0.25) is 4.79 Å². The molecule has 1 unspecified atom stereocenters. The number of aryl methyl sites for hydroxylation is 1. The minimum absolute atomic E-state index is 0.247. The van der Waals surface area contributed by atoms with Crippen LogP contribution in [0.1, 0.15) is 36.6 Å². The van der Waals surface area contributed by atoms with E-state index in [2.05, 4.69) is 36.6 Å². The van der Waals surface area contributed by atoms with E-state index in [1.54, 1.807) is 4.68 Å². The van der Waals surface area contributed by atoms with Crippen molar-refractivity contribution in [2.45, 2.75) is 33.4 Å². The van der Waals surface area contributed by atoms with E-state index in [0.717, 1.165) is 16.7 Å². The summed E-state index contributed by atoms with van der Waals surface area (Å²) in [5.41, 5.74) is 4.63. The van der Waals surface area contributed by atoms with Crippen molar-refractivity contribution in [1.29, 1.82) is 0 Å². The molecule has 1 amide bonds. The number of aromatic nitrogens is 3. The summed E-state index contributed by atoms with van der Waals surface area (Å²) in [7, 11) is 0. The molecule has 0 saturated carbocycles. The van der Waals surface area contributed by atoms with Gasteiger partial charge in [0.1, 0.15) is 19.0 Å². The number of allylic oxidation sites excluding steroid dienone is 1. The largest absolute Gasteiger partial charge is 0.490 e. The first kappa shape index (κ1) is 26.8. The average Bonchev–Trinajstić information content (AvgIpc) is 3.37. The number of benzene rings is 3. The number of carbonyl (C=O) groups excluding carboxylic acids is 1. The molecule has 1 aliphatic heterocycles. The van der Waals surface area contributed by atoms with Crippen molar-refractivity contribution in [3.63, 3.8) is 0 Å². The van der Waals surface area contributed by atoms with Gasteiger partial charge in [0.05, 0.1) is 16.7 Å². The molecular formula is C29H27BrClN5O3. The fourth-order valence-electron chi connectivity index (χ4n) is 4.44. The first-order valence-electron chi connectivity index (χ1n) is 12.4. The summed E-state index contributed by atoms with van der Waals surface area (Å²) in [6.07, 6.45) is 1.46. The average molecular weight is 609 g/mol. The Balaban J connectivity index is 1.53. The van der Waals surface area contributed by atoms with Crippen molar-refractivity contribution >= 4 is 45.1 Å². The first-order valence-corrected chi connectivity index (χ1v) is 13.6. The second-order valence-corrected chi connectivity index (χ2v) is 10.3. The lowest BCUT2D eigenvalue weighted by Gasteiger charge is -2.29. The summed E-state index contributed by atoms with van der Waals surface area (Å²) < 4.78 is 14.5. The number of carbonyl (C=O) groups is 1. The SMILES string of the molecule is CCOc1cc(C2C(C(=O)Nc3ccc(C)cc3)=C(C)Nc3ncnn32)cc(Br)c1OCc1ccccc1Cl. The van der Waals surface area contributed by atoms with E-state index in [0.29, 0.717) is 50.5 Å². The number of halogens is 2. The lowest BCUT2D eigenvalue weighted by atomic mass is 9.94. The highest BCUT2D eigenvalue weighted by Gasteiger charge is 2.34. The molecule has 0 spiro atoms. The number of fused-ring (bicyclic) bond motifs is 1. The predicted octanol–water partition coefficient (Wildman–Crippen LogP) is 6.91. The molecule has 39 heavy (non-hydrogen) atoms. The minimum Gasteiger partial charge on any atom is -0.490 e. The molecule has 1 atom stereocenters. The third-order valence-corrected chi connectivity index (χ3v) is 7.28. The quantitative estimate of drug-likeness (QED) is 0.226. The Bertz CT molecular complexity index is 1550. The van der Waals surface area contributed by atoms with Crippen LogP contribution in [0.4, 0.5) is 11.6 Å². The molecule has 10 heteroatoms. The molecule has 2 N–H and O–H groups in total. The molecule has 0 bridgehead atoms. The van der Waals surface area contributed by atoms with Crippen LogP contribution >= 0.6 is 27.5 Å². The van der Waals surface area contributed by atoms with E-state index in [1.165, 1.54) is 6.33 Å². The molecule has 3 aromatic carbocycles. The Kier molecular flexibility index (Phi) is 7.90. The number of anilines is 2. The molecule has 1 aliphatic rings. The molecule has 0 radical (unpaired) electrons. The third-order valence-electron chi connectivity index (χ3n) is 6.33. The normalized spacial score (nSPS) is 14.4. The fraction of sp³-hybridized carbons (Fsp3) is 0.207. The summed E-state index contributed by atoms with van der Waals surface area (Å²) >= 11 is 10.0. The molecule has 0 aliphatic carbocycles. The van der Waals surface area contributed by atoms with Crippen LogP contribution in [0.3, 0.4) is 0 Å².